The predicted octanol–water partition coefficient (Wildman–Crippen LogP) is 3.99. The molecule has 0 saturated carbocycles. The Hall–Kier alpha value is -2.05. The Bertz CT molecular complexity index is 790. The van der Waals surface area contributed by atoms with Gasteiger partial charge in [0, 0.05) is 28.7 Å². The van der Waals surface area contributed by atoms with Crippen molar-refractivity contribution in [2.45, 2.75) is 18.9 Å². The highest BCUT2D eigenvalue weighted by atomic mass is 35.5. The first kappa shape index (κ1) is 14.5. The molecule has 1 aromatic carbocycles. The zero-order chi connectivity index (χ0) is 15.6. The van der Waals surface area contributed by atoms with E-state index >= 15 is 0 Å². The number of anilines is 1. The first-order valence-electron chi connectivity index (χ1n) is 7.43. The van der Waals surface area contributed by atoms with Gasteiger partial charge in [-0.15, -0.1) is 16.4 Å². The van der Waals surface area contributed by atoms with E-state index in [0.29, 0.717) is 11.0 Å². The highest BCUT2D eigenvalue weighted by molar-refractivity contribution is 7.09. The molecule has 1 aliphatic heterocycles. The number of benzene rings is 1. The summed E-state index contributed by atoms with van der Waals surface area (Å²) in [6.07, 6.45) is 5.71. The van der Waals surface area contributed by atoms with Crippen molar-refractivity contribution >= 4 is 28.9 Å². The van der Waals surface area contributed by atoms with Gasteiger partial charge >= 0.3 is 0 Å². The number of nitrogens with zero attached hydrogens (tertiary/aromatic N) is 5. The van der Waals surface area contributed by atoms with Crippen LogP contribution in [0.5, 0.6) is 0 Å². The summed E-state index contributed by atoms with van der Waals surface area (Å²) in [6.45, 7) is 0.927. The number of rotatable bonds is 3. The maximum Gasteiger partial charge on any atom is 0.246 e. The summed E-state index contributed by atoms with van der Waals surface area (Å²) in [6, 6.07) is 7.84. The Morgan fingerprint density at radius 2 is 2.09 bits per heavy atom. The third-order valence-corrected chi connectivity index (χ3v) is 5.06. The number of hydrogen-bond donors (Lipinski definition) is 0. The van der Waals surface area contributed by atoms with Gasteiger partial charge in [-0.25, -0.2) is 9.97 Å². The molecule has 0 N–H and O–H groups in total. The van der Waals surface area contributed by atoms with Crippen molar-refractivity contribution in [2.75, 3.05) is 11.4 Å². The Labute approximate surface area is 143 Å². The van der Waals surface area contributed by atoms with Gasteiger partial charge in [0.15, 0.2) is 0 Å². The molecule has 1 saturated heterocycles. The molecule has 23 heavy (non-hydrogen) atoms. The number of thiazole rings is 1. The Morgan fingerprint density at radius 3 is 2.87 bits per heavy atom. The molecular formula is C16H14ClN5S. The van der Waals surface area contributed by atoms with Crippen LogP contribution in [-0.4, -0.2) is 26.7 Å². The molecule has 3 heterocycles. The fourth-order valence-corrected chi connectivity index (χ4v) is 3.75. The number of halogens is 1. The van der Waals surface area contributed by atoms with Crippen LogP contribution in [0.3, 0.4) is 0 Å². The minimum Gasteiger partial charge on any atom is -0.330 e. The molecule has 0 amide bonds. The Kier molecular flexibility index (Phi) is 3.93. The van der Waals surface area contributed by atoms with E-state index in [4.69, 9.17) is 16.6 Å². The molecule has 1 atom stereocenters. The average Bonchev–Trinajstić information content (AvgIpc) is 3.27. The highest BCUT2D eigenvalue weighted by Gasteiger charge is 2.30. The monoisotopic (exact) mass is 343 g/mol. The van der Waals surface area contributed by atoms with E-state index in [1.54, 1.807) is 17.5 Å². The molecule has 116 valence electrons. The van der Waals surface area contributed by atoms with Crippen LogP contribution in [0.2, 0.25) is 5.02 Å². The molecule has 3 aromatic rings. The Balaban J connectivity index is 1.67. The fourth-order valence-electron chi connectivity index (χ4n) is 2.84. The van der Waals surface area contributed by atoms with Crippen LogP contribution in [0, 0.1) is 0 Å². The third kappa shape index (κ3) is 2.92. The lowest BCUT2D eigenvalue weighted by molar-refractivity contribution is 0.688. The zero-order valence-electron chi connectivity index (χ0n) is 12.3. The van der Waals surface area contributed by atoms with E-state index in [9.17, 15) is 0 Å². The minimum atomic E-state index is 0.247. The van der Waals surface area contributed by atoms with Crippen molar-refractivity contribution in [3.05, 3.63) is 52.1 Å². The molecule has 0 unspecified atom stereocenters. The number of hydrogen-bond acceptors (Lipinski definition) is 6. The fraction of sp³-hybridized carbons (Fsp3) is 0.250. The van der Waals surface area contributed by atoms with Crippen molar-refractivity contribution in [1.29, 1.82) is 0 Å². The van der Waals surface area contributed by atoms with Gasteiger partial charge in [-0.05, 0) is 25.0 Å². The molecule has 0 radical (unpaired) electrons. The molecule has 1 aliphatic rings. The van der Waals surface area contributed by atoms with Crippen molar-refractivity contribution in [1.82, 2.24) is 20.2 Å². The molecule has 4 rings (SSSR count). The molecule has 0 bridgehead atoms. The summed E-state index contributed by atoms with van der Waals surface area (Å²) < 4.78 is 0. The second kappa shape index (κ2) is 6.22. The summed E-state index contributed by atoms with van der Waals surface area (Å²) in [5.41, 5.74) is 1.78. The second-order valence-corrected chi connectivity index (χ2v) is 6.73. The number of aromatic nitrogens is 4. The molecule has 0 spiro atoms. The topological polar surface area (TPSA) is 54.8 Å². The van der Waals surface area contributed by atoms with Crippen LogP contribution in [0.25, 0.3) is 11.3 Å². The molecule has 0 aliphatic carbocycles. The van der Waals surface area contributed by atoms with Gasteiger partial charge in [-0.2, -0.15) is 5.10 Å². The molecule has 2 aromatic heterocycles. The lowest BCUT2D eigenvalue weighted by Crippen LogP contribution is -2.25. The van der Waals surface area contributed by atoms with E-state index < -0.39 is 0 Å². The first-order chi connectivity index (χ1) is 11.3. The van der Waals surface area contributed by atoms with Crippen molar-refractivity contribution in [3.8, 4) is 11.3 Å². The lowest BCUT2D eigenvalue weighted by atomic mass is 10.2. The first-order valence-corrected chi connectivity index (χ1v) is 8.69. The van der Waals surface area contributed by atoms with Gasteiger partial charge in [0.25, 0.3) is 0 Å². The van der Waals surface area contributed by atoms with Crippen LogP contribution in [0.1, 0.15) is 23.9 Å². The minimum absolute atomic E-state index is 0.247. The van der Waals surface area contributed by atoms with Crippen molar-refractivity contribution < 1.29 is 0 Å². The molecule has 1 fully saturated rings. The maximum atomic E-state index is 5.95. The average molecular weight is 344 g/mol. The van der Waals surface area contributed by atoms with Crippen LogP contribution >= 0.6 is 22.9 Å². The van der Waals surface area contributed by atoms with Crippen LogP contribution in [0.4, 0.5) is 5.95 Å². The summed E-state index contributed by atoms with van der Waals surface area (Å²) in [5.74, 6) is 0.662. The van der Waals surface area contributed by atoms with E-state index in [2.05, 4.69) is 20.1 Å². The smallest absolute Gasteiger partial charge is 0.246 e. The van der Waals surface area contributed by atoms with Gasteiger partial charge in [-0.1, -0.05) is 23.7 Å². The zero-order valence-corrected chi connectivity index (χ0v) is 13.8. The Morgan fingerprint density at radius 1 is 1.22 bits per heavy atom. The van der Waals surface area contributed by atoms with Crippen LogP contribution in [-0.2, 0) is 0 Å². The van der Waals surface area contributed by atoms with Gasteiger partial charge in [-0.3, -0.25) is 0 Å². The largest absolute Gasteiger partial charge is 0.330 e. The summed E-state index contributed by atoms with van der Waals surface area (Å²) in [7, 11) is 0. The third-order valence-electron chi connectivity index (χ3n) is 3.93. The van der Waals surface area contributed by atoms with E-state index in [1.165, 1.54) is 0 Å². The maximum absolute atomic E-state index is 5.95. The second-order valence-electron chi connectivity index (χ2n) is 5.37. The molecular weight excluding hydrogens is 330 g/mol. The lowest BCUT2D eigenvalue weighted by Gasteiger charge is -2.22. The predicted molar refractivity (Wildman–Crippen MR) is 91.7 cm³/mol. The van der Waals surface area contributed by atoms with Crippen molar-refractivity contribution in [2.24, 2.45) is 0 Å². The van der Waals surface area contributed by atoms with Gasteiger partial charge < -0.3 is 4.90 Å². The van der Waals surface area contributed by atoms with Gasteiger partial charge in [0.2, 0.25) is 5.95 Å². The summed E-state index contributed by atoms with van der Waals surface area (Å²) >= 11 is 7.63. The highest BCUT2D eigenvalue weighted by Crippen LogP contribution is 2.35. The van der Waals surface area contributed by atoms with Crippen molar-refractivity contribution in [3.63, 3.8) is 0 Å². The summed E-state index contributed by atoms with van der Waals surface area (Å²) in [4.78, 5) is 11.4. The summed E-state index contributed by atoms with van der Waals surface area (Å²) in [5, 5.41) is 12.2. The van der Waals surface area contributed by atoms with E-state index in [-0.39, 0.29) is 6.04 Å². The quantitative estimate of drug-likeness (QED) is 0.719. The van der Waals surface area contributed by atoms with E-state index in [0.717, 1.165) is 35.7 Å². The normalized spacial score (nSPS) is 17.6. The van der Waals surface area contributed by atoms with Gasteiger partial charge in [0.1, 0.15) is 5.01 Å². The van der Waals surface area contributed by atoms with Crippen LogP contribution in [0.15, 0.2) is 42.0 Å². The standard InChI is InChI=1S/C16H14ClN5S/c17-12-5-3-11(4-6-12)13-10-19-21-16(20-13)22-8-1-2-14(22)15-18-7-9-23-15/h3-7,9-10,14H,1-2,8H2/t14-/m0/s1. The molecule has 5 nitrogen and oxygen atoms in total. The van der Waals surface area contributed by atoms with Crippen LogP contribution < -0.4 is 4.90 Å². The molecule has 7 heteroatoms. The SMILES string of the molecule is Clc1ccc(-c2cnnc(N3CCC[C@H]3c3nccs3)n2)cc1. The van der Waals surface area contributed by atoms with Gasteiger partial charge in [0.05, 0.1) is 17.9 Å². The van der Waals surface area contributed by atoms with E-state index in [1.807, 2.05) is 35.8 Å².